The summed E-state index contributed by atoms with van der Waals surface area (Å²) in [6, 6.07) is 0. The number of hydrogen-bond donors (Lipinski definition) is 1. The van der Waals surface area contributed by atoms with Crippen LogP contribution in [0.15, 0.2) is 0 Å². The molecule has 0 unspecified atom stereocenters. The van der Waals surface area contributed by atoms with E-state index in [1.807, 2.05) is 0 Å². The second-order valence-electron chi connectivity index (χ2n) is 0. The van der Waals surface area contributed by atoms with E-state index in [9.17, 15) is 0 Å². The number of rotatable bonds is 0. The molecule has 0 aromatic rings. The van der Waals surface area contributed by atoms with E-state index in [2.05, 4.69) is 0 Å². The van der Waals surface area contributed by atoms with Crippen molar-refractivity contribution in [2.24, 2.45) is 0 Å². The van der Waals surface area contributed by atoms with E-state index in [0.29, 0.717) is 0 Å². The fourth-order valence-electron chi connectivity index (χ4n) is 0. The van der Waals surface area contributed by atoms with Crippen molar-refractivity contribution in [1.29, 1.82) is 0 Å². The summed E-state index contributed by atoms with van der Waals surface area (Å²) < 4.78 is 0. The van der Waals surface area contributed by atoms with Crippen molar-refractivity contribution >= 4 is 59.1 Å². The van der Waals surface area contributed by atoms with E-state index in [1.165, 1.54) is 0 Å². The third-order valence-corrected chi connectivity index (χ3v) is 0. The molecule has 0 aliphatic heterocycles. The molecule has 0 spiro atoms. The second kappa shape index (κ2) is 21.5. The summed E-state index contributed by atoms with van der Waals surface area (Å²) in [7, 11) is 0. The van der Waals surface area contributed by atoms with E-state index in [1.54, 1.807) is 0 Å². The van der Waals surface area contributed by atoms with Gasteiger partial charge in [-0.1, -0.05) is 0 Å². The normalized spacial score (nSPS) is 0. The molecule has 0 radical (unpaired) electrons. The first-order valence-corrected chi connectivity index (χ1v) is 0. The Bertz CT molecular complexity index is 8.00. The van der Waals surface area contributed by atoms with Crippen LogP contribution in [-0.4, -0.2) is 59.1 Å². The molecule has 0 atom stereocenters. The Balaban J connectivity index is 0. The molecule has 32 valence electrons. The van der Waals surface area contributed by atoms with Gasteiger partial charge in [-0.15, -0.1) is 0 Å². The predicted molar refractivity (Wildman–Crippen MR) is 34.8 cm³/mol. The third kappa shape index (κ3) is 9.21. The first-order valence-electron chi connectivity index (χ1n) is 0. The van der Waals surface area contributed by atoms with Gasteiger partial charge in [-0.3, -0.25) is 0 Å². The first kappa shape index (κ1) is 41.6. The van der Waals surface area contributed by atoms with Crippen LogP contribution >= 0.6 is 0 Å². The Labute approximate surface area is 64.7 Å². The molecule has 0 aromatic carbocycles. The summed E-state index contributed by atoms with van der Waals surface area (Å²) in [5.74, 6) is 0. The third-order valence-electron chi connectivity index (χ3n) is 0. The Hall–Kier alpha value is 1.78. The Morgan fingerprint density at radius 1 is 1.00 bits per heavy atom. The van der Waals surface area contributed by atoms with E-state index >= 15 is 0 Å². The monoisotopic (exact) mass is 305 g/mol. The number of hydrogen-bond acceptors (Lipinski definition) is 1. The van der Waals surface area contributed by atoms with Gasteiger partial charge in [-0.25, -0.2) is 0 Å². The van der Waals surface area contributed by atoms with Crippen molar-refractivity contribution in [3.05, 3.63) is 0 Å². The van der Waals surface area contributed by atoms with E-state index < -0.39 is 0 Å². The summed E-state index contributed by atoms with van der Waals surface area (Å²) in [5, 5.41) is 0. The average Bonchev–Trinajstić information content (AvgIpc) is 0. The summed E-state index contributed by atoms with van der Waals surface area (Å²) in [4.78, 5) is 0. The molecule has 3 N–H and O–H groups in total. The van der Waals surface area contributed by atoms with Crippen molar-refractivity contribution < 1.29 is 0 Å². The van der Waals surface area contributed by atoms with E-state index in [-0.39, 0.29) is 65.2 Å². The molecule has 0 rings (SSSR count). The molecule has 0 aliphatic rings. The van der Waals surface area contributed by atoms with Crippen molar-refractivity contribution in [3.63, 3.8) is 0 Å². The van der Waals surface area contributed by atoms with Gasteiger partial charge in [0.05, 0.1) is 0 Å². The van der Waals surface area contributed by atoms with Gasteiger partial charge in [0.25, 0.3) is 0 Å². The Morgan fingerprint density at radius 3 is 1.00 bits per heavy atom. The van der Waals surface area contributed by atoms with E-state index in [4.69, 9.17) is 0 Å². The first-order chi connectivity index (χ1) is 0. The van der Waals surface area contributed by atoms with Crippen molar-refractivity contribution in [2.75, 3.05) is 0 Å². The molecule has 0 bridgehead atoms. The van der Waals surface area contributed by atoms with Crippen LogP contribution in [0.25, 0.3) is 0 Å². The molecule has 0 saturated heterocycles. The van der Waals surface area contributed by atoms with Gasteiger partial charge < -0.3 is 6.15 Å². The van der Waals surface area contributed by atoms with Gasteiger partial charge in [0.15, 0.2) is 0 Å². The van der Waals surface area contributed by atoms with Gasteiger partial charge in [-0.2, -0.15) is 0 Å². The molecular formula is H12NSbSiTe. The van der Waals surface area contributed by atoms with Crippen molar-refractivity contribution in [2.45, 2.75) is 0 Å². The molecule has 4 heavy (non-hydrogen) atoms. The summed E-state index contributed by atoms with van der Waals surface area (Å²) >= 11 is 0. The maximum atomic E-state index is 0. The SMILES string of the molecule is N.[SbH3].[SiH4].[TeH2]. The van der Waals surface area contributed by atoms with Gasteiger partial charge in [0.2, 0.25) is 0 Å². The Morgan fingerprint density at radius 2 is 1.00 bits per heavy atom. The van der Waals surface area contributed by atoms with Crippen LogP contribution in [0, 0.1) is 0 Å². The van der Waals surface area contributed by atoms with Gasteiger partial charge in [-0.05, 0) is 11.0 Å². The topological polar surface area (TPSA) is 35.0 Å². The predicted octanol–water partition coefficient (Wildman–Crippen LogP) is -3.39. The fourth-order valence-corrected chi connectivity index (χ4v) is 0. The average molecular weight is 304 g/mol. The van der Waals surface area contributed by atoms with Crippen LogP contribution in [0.2, 0.25) is 0 Å². The Kier molecular flexibility index (Phi) is 224. The molecule has 0 aliphatic carbocycles. The van der Waals surface area contributed by atoms with Crippen LogP contribution < -0.4 is 6.15 Å². The van der Waals surface area contributed by atoms with Gasteiger partial charge >= 0.3 is 48.1 Å². The van der Waals surface area contributed by atoms with Gasteiger partial charge in [0, 0.05) is 0 Å². The second-order valence-corrected chi connectivity index (χ2v) is 0. The molecule has 0 heterocycles. The fraction of sp³-hybridized carbons (Fsp3) is 0. The summed E-state index contributed by atoms with van der Waals surface area (Å²) in [6.07, 6.45) is 0. The van der Waals surface area contributed by atoms with Crippen LogP contribution in [0.3, 0.4) is 0 Å². The molecule has 0 fully saturated rings. The quantitative estimate of drug-likeness (QED) is 0.466. The van der Waals surface area contributed by atoms with E-state index in [0.717, 1.165) is 0 Å². The minimum absolute atomic E-state index is 0. The molecule has 0 amide bonds. The molecule has 0 saturated carbocycles. The maximum absolute atomic E-state index is 0. The zero-order valence-corrected chi connectivity index (χ0v) is 8.80. The van der Waals surface area contributed by atoms with Crippen LogP contribution in [-0.2, 0) is 0 Å². The van der Waals surface area contributed by atoms with Crippen LogP contribution in [0.5, 0.6) is 0 Å². The molecule has 4 heteroatoms. The van der Waals surface area contributed by atoms with Crippen LogP contribution in [0.4, 0.5) is 0 Å². The van der Waals surface area contributed by atoms with Gasteiger partial charge in [0.1, 0.15) is 0 Å². The molecular weight excluding hydrogens is 291 g/mol. The van der Waals surface area contributed by atoms with Crippen molar-refractivity contribution in [3.8, 4) is 0 Å². The summed E-state index contributed by atoms with van der Waals surface area (Å²) in [6.45, 7) is 0. The minimum atomic E-state index is 0. The summed E-state index contributed by atoms with van der Waals surface area (Å²) in [5.41, 5.74) is 0. The van der Waals surface area contributed by atoms with Crippen molar-refractivity contribution in [1.82, 2.24) is 6.15 Å². The molecule has 0 aromatic heterocycles. The molecule has 1 nitrogen and oxygen atoms in total. The standard InChI is InChI=1S/H3N.Sb.H4Si.H2Te.3H/h1H3;;1H4;1H2;;;. The van der Waals surface area contributed by atoms with Crippen LogP contribution in [0.1, 0.15) is 0 Å². The zero-order valence-electron chi connectivity index (χ0n) is 1.91. The zero-order chi connectivity index (χ0) is 0.